The molecule has 0 aliphatic carbocycles. The molecule has 1 aromatic heterocycles. The van der Waals surface area contributed by atoms with Crippen LogP contribution in [0.1, 0.15) is 22.8 Å². The van der Waals surface area contributed by atoms with Gasteiger partial charge in [0.2, 0.25) is 0 Å². The fourth-order valence-electron chi connectivity index (χ4n) is 1.73. The number of halogens is 1. The fraction of sp³-hybridized carbons (Fsp3) is 0.231. The van der Waals surface area contributed by atoms with E-state index in [2.05, 4.69) is 0 Å². The van der Waals surface area contributed by atoms with Crippen molar-refractivity contribution in [1.29, 1.82) is 0 Å². The Morgan fingerprint density at radius 3 is 2.65 bits per heavy atom. The molecule has 17 heavy (non-hydrogen) atoms. The largest absolute Gasteiger partial charge is 0.496 e. The van der Waals surface area contributed by atoms with Gasteiger partial charge >= 0.3 is 0 Å². The number of ether oxygens (including phenoxy) is 1. The van der Waals surface area contributed by atoms with E-state index in [9.17, 15) is 5.11 Å². The zero-order valence-corrected chi connectivity index (χ0v) is 10.4. The Labute approximate surface area is 105 Å². The van der Waals surface area contributed by atoms with Crippen molar-refractivity contribution in [3.8, 4) is 5.75 Å². The van der Waals surface area contributed by atoms with Gasteiger partial charge in [-0.1, -0.05) is 11.6 Å². The number of rotatable bonds is 3. The van der Waals surface area contributed by atoms with Crippen LogP contribution in [-0.2, 0) is 0 Å². The van der Waals surface area contributed by atoms with Crippen molar-refractivity contribution in [2.45, 2.75) is 13.0 Å². The Morgan fingerprint density at radius 1 is 1.29 bits per heavy atom. The van der Waals surface area contributed by atoms with Crippen LogP contribution in [-0.4, -0.2) is 12.2 Å². The third kappa shape index (κ3) is 2.30. The topological polar surface area (TPSA) is 42.6 Å². The van der Waals surface area contributed by atoms with E-state index in [1.807, 2.05) is 25.1 Å². The van der Waals surface area contributed by atoms with Gasteiger partial charge in [0.15, 0.2) is 5.22 Å². The van der Waals surface area contributed by atoms with E-state index in [4.69, 9.17) is 20.8 Å². The molecule has 0 saturated carbocycles. The third-order valence-corrected chi connectivity index (χ3v) is 2.93. The molecule has 0 fully saturated rings. The Morgan fingerprint density at radius 2 is 2.06 bits per heavy atom. The Kier molecular flexibility index (Phi) is 3.41. The second-order valence-corrected chi connectivity index (χ2v) is 4.14. The minimum atomic E-state index is -0.851. The molecule has 0 saturated heterocycles. The number of furan rings is 1. The van der Waals surface area contributed by atoms with Crippen LogP contribution in [0, 0.1) is 6.92 Å². The van der Waals surface area contributed by atoms with Crippen molar-refractivity contribution in [1.82, 2.24) is 0 Å². The van der Waals surface area contributed by atoms with Gasteiger partial charge in [-0.3, -0.25) is 0 Å². The van der Waals surface area contributed by atoms with Crippen molar-refractivity contribution >= 4 is 11.6 Å². The van der Waals surface area contributed by atoms with Gasteiger partial charge in [-0.05, 0) is 36.7 Å². The molecule has 1 atom stereocenters. The van der Waals surface area contributed by atoms with Gasteiger partial charge in [-0.2, -0.15) is 0 Å². The maximum absolute atomic E-state index is 10.3. The van der Waals surface area contributed by atoms with Crippen molar-refractivity contribution in [3.05, 3.63) is 52.4 Å². The number of benzene rings is 1. The van der Waals surface area contributed by atoms with Gasteiger partial charge in [-0.25, -0.2) is 0 Å². The van der Waals surface area contributed by atoms with E-state index in [0.717, 1.165) is 5.56 Å². The lowest BCUT2D eigenvalue weighted by atomic mass is 10.0. The van der Waals surface area contributed by atoms with E-state index >= 15 is 0 Å². The summed E-state index contributed by atoms with van der Waals surface area (Å²) in [6.45, 7) is 1.95. The van der Waals surface area contributed by atoms with Crippen LogP contribution in [0.2, 0.25) is 5.22 Å². The molecule has 1 aromatic carbocycles. The summed E-state index contributed by atoms with van der Waals surface area (Å²) in [6.07, 6.45) is 0.597. The van der Waals surface area contributed by atoms with Crippen LogP contribution < -0.4 is 4.74 Å². The SMILES string of the molecule is COc1ccc(C)cc1C(O)c1ccoc1Cl. The third-order valence-electron chi connectivity index (χ3n) is 2.62. The summed E-state index contributed by atoms with van der Waals surface area (Å²) in [6, 6.07) is 7.26. The molecular formula is C13H13ClO3. The maximum atomic E-state index is 10.3. The lowest BCUT2D eigenvalue weighted by Gasteiger charge is -2.14. The number of aliphatic hydroxyl groups is 1. The molecule has 0 aliphatic rings. The minimum Gasteiger partial charge on any atom is -0.496 e. The minimum absolute atomic E-state index is 0.195. The summed E-state index contributed by atoms with van der Waals surface area (Å²) in [7, 11) is 1.57. The number of methoxy groups -OCH3 is 1. The van der Waals surface area contributed by atoms with Crippen LogP contribution in [0.25, 0.3) is 0 Å². The van der Waals surface area contributed by atoms with Crippen molar-refractivity contribution in [2.24, 2.45) is 0 Å². The highest BCUT2D eigenvalue weighted by molar-refractivity contribution is 6.29. The molecule has 0 radical (unpaired) electrons. The van der Waals surface area contributed by atoms with E-state index in [1.54, 1.807) is 13.2 Å². The van der Waals surface area contributed by atoms with Gasteiger partial charge in [0.05, 0.1) is 13.4 Å². The standard InChI is InChI=1S/C13H13ClO3/c1-8-3-4-11(16-2)10(7-8)12(15)9-5-6-17-13(9)14/h3-7,12,15H,1-2H3. The van der Waals surface area contributed by atoms with E-state index < -0.39 is 6.10 Å². The average Bonchev–Trinajstić information content (AvgIpc) is 2.74. The predicted octanol–water partition coefficient (Wildman–Crippen LogP) is 3.33. The highest BCUT2D eigenvalue weighted by atomic mass is 35.5. The quantitative estimate of drug-likeness (QED) is 0.911. The van der Waals surface area contributed by atoms with Crippen LogP contribution in [0.3, 0.4) is 0 Å². The van der Waals surface area contributed by atoms with E-state index in [0.29, 0.717) is 16.9 Å². The lowest BCUT2D eigenvalue weighted by Crippen LogP contribution is -2.02. The molecule has 2 aromatic rings. The average molecular weight is 253 g/mol. The highest BCUT2D eigenvalue weighted by Crippen LogP contribution is 2.34. The number of aryl methyl sites for hydroxylation is 1. The number of hydrogen-bond donors (Lipinski definition) is 1. The summed E-state index contributed by atoms with van der Waals surface area (Å²) < 4.78 is 10.2. The van der Waals surface area contributed by atoms with Crippen LogP contribution in [0.15, 0.2) is 34.9 Å². The number of aliphatic hydroxyl groups excluding tert-OH is 1. The van der Waals surface area contributed by atoms with Gasteiger partial charge in [0.25, 0.3) is 0 Å². The zero-order chi connectivity index (χ0) is 12.4. The van der Waals surface area contributed by atoms with Gasteiger partial charge < -0.3 is 14.3 Å². The van der Waals surface area contributed by atoms with Crippen LogP contribution in [0.4, 0.5) is 0 Å². The zero-order valence-electron chi connectivity index (χ0n) is 9.61. The van der Waals surface area contributed by atoms with E-state index in [-0.39, 0.29) is 5.22 Å². The molecule has 1 unspecified atom stereocenters. The first-order chi connectivity index (χ1) is 8.13. The van der Waals surface area contributed by atoms with Gasteiger partial charge in [0.1, 0.15) is 11.9 Å². The summed E-state index contributed by atoms with van der Waals surface area (Å²) in [4.78, 5) is 0. The molecule has 4 heteroatoms. The first-order valence-electron chi connectivity index (χ1n) is 5.19. The molecule has 2 rings (SSSR count). The first kappa shape index (κ1) is 12.0. The molecule has 0 bridgehead atoms. The second kappa shape index (κ2) is 4.82. The predicted molar refractivity (Wildman–Crippen MR) is 65.5 cm³/mol. The van der Waals surface area contributed by atoms with Crippen molar-refractivity contribution in [3.63, 3.8) is 0 Å². The molecule has 1 heterocycles. The highest BCUT2D eigenvalue weighted by Gasteiger charge is 2.19. The molecule has 0 amide bonds. The molecule has 0 aliphatic heterocycles. The molecule has 3 nitrogen and oxygen atoms in total. The van der Waals surface area contributed by atoms with Crippen LogP contribution >= 0.6 is 11.6 Å². The lowest BCUT2D eigenvalue weighted by molar-refractivity contribution is 0.214. The van der Waals surface area contributed by atoms with Gasteiger partial charge in [-0.15, -0.1) is 0 Å². The van der Waals surface area contributed by atoms with Crippen molar-refractivity contribution < 1.29 is 14.3 Å². The number of hydrogen-bond acceptors (Lipinski definition) is 3. The summed E-state index contributed by atoms with van der Waals surface area (Å²) >= 11 is 5.85. The van der Waals surface area contributed by atoms with Gasteiger partial charge in [0, 0.05) is 11.1 Å². The molecule has 1 N–H and O–H groups in total. The molecule has 0 spiro atoms. The second-order valence-electron chi connectivity index (χ2n) is 3.80. The summed E-state index contributed by atoms with van der Waals surface area (Å²) in [5.41, 5.74) is 2.26. The Balaban J connectivity index is 2.46. The molecule has 90 valence electrons. The van der Waals surface area contributed by atoms with E-state index in [1.165, 1.54) is 6.26 Å². The molecular weight excluding hydrogens is 240 g/mol. The normalized spacial score (nSPS) is 12.5. The van der Waals surface area contributed by atoms with Crippen molar-refractivity contribution in [2.75, 3.05) is 7.11 Å². The Hall–Kier alpha value is -1.45. The Bertz CT molecular complexity index is 519. The first-order valence-corrected chi connectivity index (χ1v) is 5.56. The monoisotopic (exact) mass is 252 g/mol. The summed E-state index contributed by atoms with van der Waals surface area (Å²) in [5.74, 6) is 0.625. The smallest absolute Gasteiger partial charge is 0.199 e. The summed E-state index contributed by atoms with van der Waals surface area (Å²) in [5, 5.41) is 10.5. The fourth-order valence-corrected chi connectivity index (χ4v) is 1.95. The maximum Gasteiger partial charge on any atom is 0.199 e. The van der Waals surface area contributed by atoms with Crippen LogP contribution in [0.5, 0.6) is 5.75 Å².